The highest BCUT2D eigenvalue weighted by Crippen LogP contribution is 2.30. The monoisotopic (exact) mass is 282 g/mol. The fourth-order valence-electron chi connectivity index (χ4n) is 3.48. The molecular weight excluding hydrogens is 256 g/mol. The van der Waals surface area contributed by atoms with Gasteiger partial charge < -0.3 is 9.80 Å². The molecule has 0 saturated carbocycles. The van der Waals surface area contributed by atoms with Gasteiger partial charge in [0.15, 0.2) is 0 Å². The van der Waals surface area contributed by atoms with Crippen molar-refractivity contribution in [2.75, 3.05) is 19.6 Å². The summed E-state index contributed by atoms with van der Waals surface area (Å²) in [6.07, 6.45) is 7.08. The van der Waals surface area contributed by atoms with E-state index in [1.165, 1.54) is 37.1 Å². The minimum absolute atomic E-state index is 0.661. The Hall–Kier alpha value is -1.54. The maximum absolute atomic E-state index is 4.32. The van der Waals surface area contributed by atoms with E-state index in [0.717, 1.165) is 18.2 Å². The molecule has 2 aliphatic heterocycles. The van der Waals surface area contributed by atoms with Crippen LogP contribution in [0.5, 0.6) is 0 Å². The molecule has 0 bridgehead atoms. The molecule has 1 aromatic rings. The molecule has 2 nitrogen and oxygen atoms in total. The lowest BCUT2D eigenvalue weighted by molar-refractivity contribution is 0.130. The first kappa shape index (κ1) is 14.4. The van der Waals surface area contributed by atoms with Crippen molar-refractivity contribution in [2.24, 2.45) is 5.92 Å². The van der Waals surface area contributed by atoms with E-state index in [1.54, 1.807) is 0 Å². The van der Waals surface area contributed by atoms with Gasteiger partial charge in [0.25, 0.3) is 0 Å². The molecule has 0 radical (unpaired) electrons. The fraction of sp³-hybridized carbons (Fsp3) is 0.474. The number of hydrogen-bond acceptors (Lipinski definition) is 2. The summed E-state index contributed by atoms with van der Waals surface area (Å²) in [5, 5.41) is 0. The van der Waals surface area contributed by atoms with Gasteiger partial charge in [-0.3, -0.25) is 0 Å². The first-order valence-electron chi connectivity index (χ1n) is 8.12. The molecule has 1 unspecified atom stereocenters. The largest absolute Gasteiger partial charge is 0.348 e. The second kappa shape index (κ2) is 6.07. The van der Waals surface area contributed by atoms with Crippen LogP contribution in [0.25, 0.3) is 11.8 Å². The molecule has 112 valence electrons. The molecule has 3 rings (SSSR count). The molecule has 2 heterocycles. The lowest BCUT2D eigenvalue weighted by atomic mass is 9.94. The van der Waals surface area contributed by atoms with E-state index < -0.39 is 0 Å². The summed E-state index contributed by atoms with van der Waals surface area (Å²) in [5.74, 6) is 0.743. The van der Waals surface area contributed by atoms with E-state index in [-0.39, 0.29) is 0 Å². The van der Waals surface area contributed by atoms with Crippen molar-refractivity contribution in [3.63, 3.8) is 0 Å². The zero-order chi connectivity index (χ0) is 14.8. The number of nitrogens with zero attached hydrogens (tertiary/aromatic N) is 2. The predicted molar refractivity (Wildman–Crippen MR) is 90.6 cm³/mol. The van der Waals surface area contributed by atoms with Crippen molar-refractivity contribution >= 4 is 11.8 Å². The Morgan fingerprint density at radius 3 is 2.90 bits per heavy atom. The third-order valence-electron chi connectivity index (χ3n) is 4.79. The van der Waals surface area contributed by atoms with Crippen LogP contribution in [0.3, 0.4) is 0 Å². The highest BCUT2D eigenvalue weighted by Gasteiger charge is 2.24. The summed E-state index contributed by atoms with van der Waals surface area (Å²) in [6.45, 7) is 12.5. The Balaban J connectivity index is 1.68. The van der Waals surface area contributed by atoms with Gasteiger partial charge in [-0.1, -0.05) is 30.8 Å². The van der Waals surface area contributed by atoms with E-state index in [9.17, 15) is 0 Å². The van der Waals surface area contributed by atoms with Gasteiger partial charge in [0.2, 0.25) is 0 Å². The average Bonchev–Trinajstić information content (AvgIpc) is 2.51. The Morgan fingerprint density at radius 1 is 1.29 bits per heavy atom. The third kappa shape index (κ3) is 3.06. The molecule has 1 atom stereocenters. The summed E-state index contributed by atoms with van der Waals surface area (Å²) < 4.78 is 0. The van der Waals surface area contributed by atoms with Crippen LogP contribution < -0.4 is 0 Å². The number of rotatable bonds is 3. The highest BCUT2D eigenvalue weighted by atomic mass is 15.2. The van der Waals surface area contributed by atoms with Crippen molar-refractivity contribution in [3.05, 3.63) is 48.2 Å². The SMILES string of the molecule is C=C1c2ccccc2C=CN1CC1CCCN(C(C)C)C1. The van der Waals surface area contributed by atoms with Crippen LogP contribution in [0.2, 0.25) is 0 Å². The first-order valence-corrected chi connectivity index (χ1v) is 8.12. The molecule has 2 aliphatic rings. The van der Waals surface area contributed by atoms with Gasteiger partial charge in [-0.25, -0.2) is 0 Å². The van der Waals surface area contributed by atoms with E-state index >= 15 is 0 Å². The second-order valence-corrected chi connectivity index (χ2v) is 6.60. The molecule has 1 aromatic carbocycles. The number of benzene rings is 1. The number of likely N-dealkylation sites (tertiary alicyclic amines) is 1. The molecule has 0 aliphatic carbocycles. The third-order valence-corrected chi connectivity index (χ3v) is 4.79. The highest BCUT2D eigenvalue weighted by molar-refractivity contribution is 5.76. The van der Waals surface area contributed by atoms with E-state index in [0.29, 0.717) is 6.04 Å². The molecular formula is C19H26N2. The Morgan fingerprint density at radius 2 is 2.10 bits per heavy atom. The van der Waals surface area contributed by atoms with Gasteiger partial charge in [-0.15, -0.1) is 0 Å². The van der Waals surface area contributed by atoms with Crippen molar-refractivity contribution in [2.45, 2.75) is 32.7 Å². The summed E-state index contributed by atoms with van der Waals surface area (Å²) in [7, 11) is 0. The molecule has 0 aromatic heterocycles. The van der Waals surface area contributed by atoms with Gasteiger partial charge in [0.05, 0.1) is 0 Å². The van der Waals surface area contributed by atoms with Crippen molar-refractivity contribution < 1.29 is 0 Å². The van der Waals surface area contributed by atoms with Crippen molar-refractivity contribution in [1.82, 2.24) is 9.80 Å². The Bertz CT molecular complexity index is 544. The predicted octanol–water partition coefficient (Wildman–Crippen LogP) is 4.06. The average molecular weight is 282 g/mol. The minimum atomic E-state index is 0.661. The van der Waals surface area contributed by atoms with Crippen LogP contribution in [0.4, 0.5) is 0 Å². The van der Waals surface area contributed by atoms with E-state index in [4.69, 9.17) is 0 Å². The smallest absolute Gasteiger partial charge is 0.0412 e. The van der Waals surface area contributed by atoms with Gasteiger partial charge in [-0.05, 0) is 50.8 Å². The number of fused-ring (bicyclic) bond motifs is 1. The van der Waals surface area contributed by atoms with Gasteiger partial charge in [0, 0.05) is 36.6 Å². The summed E-state index contributed by atoms with van der Waals surface area (Å²) >= 11 is 0. The molecule has 0 amide bonds. The molecule has 1 fully saturated rings. The van der Waals surface area contributed by atoms with Crippen LogP contribution in [0, 0.1) is 5.92 Å². The zero-order valence-electron chi connectivity index (χ0n) is 13.3. The van der Waals surface area contributed by atoms with Crippen LogP contribution in [-0.2, 0) is 0 Å². The number of hydrogen-bond donors (Lipinski definition) is 0. The van der Waals surface area contributed by atoms with Gasteiger partial charge >= 0.3 is 0 Å². The standard InChI is InChI=1S/C19H26N2/c1-15(2)20-11-6-7-17(13-20)14-21-12-10-18-8-4-5-9-19(18)16(21)3/h4-5,8-10,12,15,17H,3,6-7,11,13-14H2,1-2H3. The maximum Gasteiger partial charge on any atom is 0.0412 e. The molecule has 0 spiro atoms. The van der Waals surface area contributed by atoms with Crippen LogP contribution in [0.1, 0.15) is 37.8 Å². The van der Waals surface area contributed by atoms with Crippen LogP contribution >= 0.6 is 0 Å². The molecule has 2 heteroatoms. The lowest BCUT2D eigenvalue weighted by Crippen LogP contribution is -2.43. The van der Waals surface area contributed by atoms with E-state index in [2.05, 4.69) is 66.8 Å². The Kier molecular flexibility index (Phi) is 4.16. The lowest BCUT2D eigenvalue weighted by Gasteiger charge is -2.38. The minimum Gasteiger partial charge on any atom is -0.348 e. The quantitative estimate of drug-likeness (QED) is 0.825. The second-order valence-electron chi connectivity index (χ2n) is 6.60. The zero-order valence-corrected chi connectivity index (χ0v) is 13.3. The van der Waals surface area contributed by atoms with Gasteiger partial charge in [0.1, 0.15) is 0 Å². The fourth-order valence-corrected chi connectivity index (χ4v) is 3.48. The maximum atomic E-state index is 4.32. The van der Waals surface area contributed by atoms with Crippen LogP contribution in [-0.4, -0.2) is 35.5 Å². The normalized spacial score (nSPS) is 22.7. The summed E-state index contributed by atoms with van der Waals surface area (Å²) in [4.78, 5) is 4.95. The Labute approximate surface area is 128 Å². The molecule has 0 N–H and O–H groups in total. The van der Waals surface area contributed by atoms with Gasteiger partial charge in [-0.2, -0.15) is 0 Å². The summed E-state index contributed by atoms with van der Waals surface area (Å²) in [5.41, 5.74) is 3.71. The topological polar surface area (TPSA) is 6.48 Å². The van der Waals surface area contributed by atoms with E-state index in [1.807, 2.05) is 0 Å². The first-order chi connectivity index (χ1) is 10.1. The van der Waals surface area contributed by atoms with Crippen LogP contribution in [0.15, 0.2) is 37.0 Å². The molecule has 21 heavy (non-hydrogen) atoms. The van der Waals surface area contributed by atoms with Crippen molar-refractivity contribution in [1.29, 1.82) is 0 Å². The molecule has 1 saturated heterocycles. The summed E-state index contributed by atoms with van der Waals surface area (Å²) in [6, 6.07) is 9.19. The number of piperidine rings is 1. The van der Waals surface area contributed by atoms with Crippen molar-refractivity contribution in [3.8, 4) is 0 Å².